The van der Waals surface area contributed by atoms with Crippen molar-refractivity contribution in [2.75, 3.05) is 5.32 Å². The van der Waals surface area contributed by atoms with Gasteiger partial charge in [-0.25, -0.2) is 10.2 Å². The zero-order valence-electron chi connectivity index (χ0n) is 13.3. The second-order valence-electron chi connectivity index (χ2n) is 5.06. The topological polar surface area (TPSA) is 62.7 Å². The molecule has 2 aromatic carbocycles. The molecule has 2 aromatic rings. The summed E-state index contributed by atoms with van der Waals surface area (Å²) in [4.78, 5) is 11.7. The van der Waals surface area contributed by atoms with Gasteiger partial charge in [-0.1, -0.05) is 37.3 Å². The number of amides is 2. The number of para-hydroxylation sites is 2. The molecule has 0 aromatic heterocycles. The molecule has 2 amide bonds. The SMILES string of the molecule is CC[C@H](C)Oc1ccccc1/C=N\NC(=O)Nc1ccccc1. The van der Waals surface area contributed by atoms with Crippen molar-refractivity contribution in [1.29, 1.82) is 0 Å². The van der Waals surface area contributed by atoms with Crippen LogP contribution in [0.3, 0.4) is 0 Å². The van der Waals surface area contributed by atoms with Crippen molar-refractivity contribution in [3.8, 4) is 5.75 Å². The number of hydrogen-bond donors (Lipinski definition) is 2. The molecule has 0 aliphatic heterocycles. The first kappa shape index (κ1) is 16.5. The van der Waals surface area contributed by atoms with Crippen LogP contribution in [0.25, 0.3) is 0 Å². The average molecular weight is 311 g/mol. The van der Waals surface area contributed by atoms with E-state index in [4.69, 9.17) is 4.74 Å². The molecule has 0 heterocycles. The summed E-state index contributed by atoms with van der Waals surface area (Å²) >= 11 is 0. The zero-order chi connectivity index (χ0) is 16.5. The summed E-state index contributed by atoms with van der Waals surface area (Å²) in [7, 11) is 0. The number of hydrazone groups is 1. The van der Waals surface area contributed by atoms with Crippen LogP contribution >= 0.6 is 0 Å². The van der Waals surface area contributed by atoms with E-state index in [9.17, 15) is 4.79 Å². The highest BCUT2D eigenvalue weighted by Crippen LogP contribution is 2.18. The van der Waals surface area contributed by atoms with Crippen molar-refractivity contribution in [3.05, 3.63) is 60.2 Å². The number of rotatable bonds is 6. The zero-order valence-corrected chi connectivity index (χ0v) is 13.3. The first-order chi connectivity index (χ1) is 11.2. The fourth-order valence-electron chi connectivity index (χ4n) is 1.84. The van der Waals surface area contributed by atoms with Crippen molar-refractivity contribution in [2.45, 2.75) is 26.4 Å². The maximum absolute atomic E-state index is 11.7. The smallest absolute Gasteiger partial charge is 0.339 e. The first-order valence-electron chi connectivity index (χ1n) is 7.60. The van der Waals surface area contributed by atoms with Crippen molar-refractivity contribution < 1.29 is 9.53 Å². The lowest BCUT2D eigenvalue weighted by Crippen LogP contribution is -2.24. The Balaban J connectivity index is 1.94. The minimum atomic E-state index is -0.396. The standard InChI is InChI=1S/C18H21N3O2/c1-3-14(2)23-17-12-8-7-9-15(17)13-19-21-18(22)20-16-10-5-4-6-11-16/h4-14H,3H2,1-2H3,(H2,20,21,22)/b19-13-/t14-/m0/s1. The minimum Gasteiger partial charge on any atom is -0.490 e. The van der Waals surface area contributed by atoms with Gasteiger partial charge in [0.05, 0.1) is 12.3 Å². The van der Waals surface area contributed by atoms with Crippen molar-refractivity contribution in [2.24, 2.45) is 5.10 Å². The molecule has 0 aliphatic rings. The molecule has 1 atom stereocenters. The molecule has 5 nitrogen and oxygen atoms in total. The van der Waals surface area contributed by atoms with Gasteiger partial charge in [0.1, 0.15) is 5.75 Å². The van der Waals surface area contributed by atoms with Gasteiger partial charge in [0.2, 0.25) is 0 Å². The van der Waals surface area contributed by atoms with E-state index >= 15 is 0 Å². The second kappa shape index (κ2) is 8.58. The van der Waals surface area contributed by atoms with Gasteiger partial charge >= 0.3 is 6.03 Å². The third kappa shape index (κ3) is 5.47. The van der Waals surface area contributed by atoms with Gasteiger partial charge in [0.25, 0.3) is 0 Å². The molecule has 0 spiro atoms. The predicted octanol–water partition coefficient (Wildman–Crippen LogP) is 4.02. The lowest BCUT2D eigenvalue weighted by Gasteiger charge is -2.14. The summed E-state index contributed by atoms with van der Waals surface area (Å²) in [6.45, 7) is 4.08. The number of benzene rings is 2. The molecule has 0 aliphatic carbocycles. The van der Waals surface area contributed by atoms with E-state index in [1.807, 2.05) is 49.4 Å². The van der Waals surface area contributed by atoms with E-state index in [0.29, 0.717) is 5.69 Å². The number of ether oxygens (including phenoxy) is 1. The molecule has 0 fully saturated rings. The van der Waals surface area contributed by atoms with Gasteiger partial charge in [-0.05, 0) is 37.6 Å². The molecule has 0 bridgehead atoms. The van der Waals surface area contributed by atoms with Gasteiger partial charge in [-0.15, -0.1) is 0 Å². The number of carbonyl (C=O) groups excluding carboxylic acids is 1. The summed E-state index contributed by atoms with van der Waals surface area (Å²) in [5.41, 5.74) is 3.96. The van der Waals surface area contributed by atoms with Gasteiger partial charge in [0, 0.05) is 11.3 Å². The Morgan fingerprint density at radius 3 is 2.61 bits per heavy atom. The van der Waals surface area contributed by atoms with E-state index in [2.05, 4.69) is 22.8 Å². The molecule has 0 saturated carbocycles. The number of carbonyl (C=O) groups is 1. The second-order valence-corrected chi connectivity index (χ2v) is 5.06. The highest BCUT2D eigenvalue weighted by atomic mass is 16.5. The Kier molecular flexibility index (Phi) is 6.17. The van der Waals surface area contributed by atoms with E-state index in [1.54, 1.807) is 18.3 Å². The van der Waals surface area contributed by atoms with Gasteiger partial charge in [-0.3, -0.25) is 0 Å². The summed E-state index contributed by atoms with van der Waals surface area (Å²) in [5, 5.41) is 6.65. The highest BCUT2D eigenvalue weighted by Gasteiger charge is 2.05. The molecular weight excluding hydrogens is 290 g/mol. The van der Waals surface area contributed by atoms with E-state index in [-0.39, 0.29) is 6.10 Å². The van der Waals surface area contributed by atoms with Crippen LogP contribution in [0.2, 0.25) is 0 Å². The lowest BCUT2D eigenvalue weighted by atomic mass is 10.2. The summed E-state index contributed by atoms with van der Waals surface area (Å²) in [6, 6.07) is 16.4. The van der Waals surface area contributed by atoms with Crippen LogP contribution in [-0.2, 0) is 0 Å². The largest absolute Gasteiger partial charge is 0.490 e. The van der Waals surface area contributed by atoms with Crippen LogP contribution in [0.15, 0.2) is 59.7 Å². The number of urea groups is 1. The minimum absolute atomic E-state index is 0.124. The van der Waals surface area contributed by atoms with Crippen LogP contribution in [0.5, 0.6) is 5.75 Å². The molecule has 2 N–H and O–H groups in total. The van der Waals surface area contributed by atoms with Gasteiger partial charge in [-0.2, -0.15) is 5.10 Å². The molecule has 5 heteroatoms. The Morgan fingerprint density at radius 1 is 1.17 bits per heavy atom. The molecule has 0 unspecified atom stereocenters. The van der Waals surface area contributed by atoms with Gasteiger partial charge < -0.3 is 10.1 Å². The molecule has 2 rings (SSSR count). The monoisotopic (exact) mass is 311 g/mol. The van der Waals surface area contributed by atoms with Crippen LogP contribution in [-0.4, -0.2) is 18.3 Å². The lowest BCUT2D eigenvalue weighted by molar-refractivity contribution is 0.217. The molecule has 120 valence electrons. The maximum atomic E-state index is 11.7. The first-order valence-corrected chi connectivity index (χ1v) is 7.60. The van der Waals surface area contributed by atoms with Crippen LogP contribution in [0.1, 0.15) is 25.8 Å². The summed E-state index contributed by atoms with van der Waals surface area (Å²) < 4.78 is 5.83. The fourth-order valence-corrected chi connectivity index (χ4v) is 1.84. The number of nitrogens with one attached hydrogen (secondary N) is 2. The number of anilines is 1. The van der Waals surface area contributed by atoms with E-state index in [1.165, 1.54) is 0 Å². The highest BCUT2D eigenvalue weighted by molar-refractivity contribution is 5.90. The Labute approximate surface area is 136 Å². The number of hydrogen-bond acceptors (Lipinski definition) is 3. The normalized spacial score (nSPS) is 11.9. The van der Waals surface area contributed by atoms with Crippen LogP contribution in [0, 0.1) is 0 Å². The van der Waals surface area contributed by atoms with E-state index < -0.39 is 6.03 Å². The Morgan fingerprint density at radius 2 is 1.87 bits per heavy atom. The predicted molar refractivity (Wildman–Crippen MR) is 93.0 cm³/mol. The molecule has 0 saturated heterocycles. The van der Waals surface area contributed by atoms with Crippen molar-refractivity contribution in [1.82, 2.24) is 5.43 Å². The van der Waals surface area contributed by atoms with Crippen molar-refractivity contribution >= 4 is 17.9 Å². The van der Waals surface area contributed by atoms with Crippen LogP contribution < -0.4 is 15.5 Å². The average Bonchev–Trinajstić information content (AvgIpc) is 2.57. The molecule has 23 heavy (non-hydrogen) atoms. The summed E-state index contributed by atoms with van der Waals surface area (Å²) in [5.74, 6) is 0.746. The third-order valence-corrected chi connectivity index (χ3v) is 3.22. The molecular formula is C18H21N3O2. The quantitative estimate of drug-likeness (QED) is 0.625. The Hall–Kier alpha value is -2.82. The van der Waals surface area contributed by atoms with Crippen LogP contribution in [0.4, 0.5) is 10.5 Å². The molecule has 0 radical (unpaired) electrons. The maximum Gasteiger partial charge on any atom is 0.339 e. The summed E-state index contributed by atoms with van der Waals surface area (Å²) in [6.07, 6.45) is 2.62. The third-order valence-electron chi connectivity index (χ3n) is 3.22. The van der Waals surface area contributed by atoms with Crippen molar-refractivity contribution in [3.63, 3.8) is 0 Å². The van der Waals surface area contributed by atoms with Gasteiger partial charge in [0.15, 0.2) is 0 Å². The number of nitrogens with zero attached hydrogens (tertiary/aromatic N) is 1. The Bertz CT molecular complexity index is 656. The fraction of sp³-hybridized carbons (Fsp3) is 0.222. The van der Waals surface area contributed by atoms with E-state index in [0.717, 1.165) is 17.7 Å².